The van der Waals surface area contributed by atoms with E-state index in [0.717, 1.165) is 22.4 Å². The third-order valence-corrected chi connectivity index (χ3v) is 3.39. The highest BCUT2D eigenvalue weighted by Gasteiger charge is 2.21. The van der Waals surface area contributed by atoms with Gasteiger partial charge in [-0.1, -0.05) is 12.1 Å². The lowest BCUT2D eigenvalue weighted by Gasteiger charge is -2.20. The van der Waals surface area contributed by atoms with Gasteiger partial charge in [-0.2, -0.15) is 5.26 Å². The zero-order valence-corrected chi connectivity index (χ0v) is 11.0. The maximum atomic E-state index is 11.5. The largest absolute Gasteiger partial charge is 0.438 e. The Morgan fingerprint density at radius 2 is 2.25 bits per heavy atom. The normalized spacial score (nSPS) is 13.4. The van der Waals surface area contributed by atoms with Crippen molar-refractivity contribution in [2.75, 3.05) is 0 Å². The summed E-state index contributed by atoms with van der Waals surface area (Å²) in [6.07, 6.45) is 2.39. The topological polar surface area (TPSA) is 63.0 Å². The van der Waals surface area contributed by atoms with E-state index in [1.54, 1.807) is 18.3 Å². The molecule has 0 N–H and O–H groups in total. The Morgan fingerprint density at radius 3 is 3.00 bits per heavy atom. The third-order valence-electron chi connectivity index (χ3n) is 3.39. The number of nitrogens with zero attached hydrogens (tertiary/aromatic N) is 2. The van der Waals surface area contributed by atoms with Gasteiger partial charge in [-0.25, -0.2) is 4.98 Å². The Morgan fingerprint density at radius 1 is 1.40 bits per heavy atom. The van der Waals surface area contributed by atoms with E-state index in [1.807, 2.05) is 24.3 Å². The van der Waals surface area contributed by atoms with Gasteiger partial charge in [0.05, 0.1) is 6.07 Å². The van der Waals surface area contributed by atoms with Gasteiger partial charge in [0.15, 0.2) is 5.78 Å². The zero-order valence-electron chi connectivity index (χ0n) is 11.0. The van der Waals surface area contributed by atoms with Crippen LogP contribution in [0.2, 0.25) is 0 Å². The summed E-state index contributed by atoms with van der Waals surface area (Å²) >= 11 is 0. The molecule has 1 unspecified atom stereocenters. The van der Waals surface area contributed by atoms with Gasteiger partial charge in [-0.05, 0) is 36.2 Å². The van der Waals surface area contributed by atoms with Crippen LogP contribution in [0, 0.1) is 11.3 Å². The van der Waals surface area contributed by atoms with Crippen molar-refractivity contribution in [2.24, 2.45) is 0 Å². The van der Waals surface area contributed by atoms with Gasteiger partial charge in [-0.3, -0.25) is 4.79 Å². The highest BCUT2D eigenvalue weighted by atomic mass is 16.5. The molecule has 1 aliphatic heterocycles. The Kier molecular flexibility index (Phi) is 2.96. The predicted molar refractivity (Wildman–Crippen MR) is 72.6 cm³/mol. The number of carbonyl (C=O) groups excluding carboxylic acids is 1. The predicted octanol–water partition coefficient (Wildman–Crippen LogP) is 2.97. The minimum absolute atomic E-state index is 0.147. The Hall–Kier alpha value is -2.67. The maximum absolute atomic E-state index is 11.5. The summed E-state index contributed by atoms with van der Waals surface area (Å²) in [6, 6.07) is 11.3. The van der Waals surface area contributed by atoms with Crippen LogP contribution in [0.3, 0.4) is 0 Å². The maximum Gasteiger partial charge on any atom is 0.222 e. The summed E-state index contributed by atoms with van der Waals surface area (Å²) in [6.45, 7) is 1.43. The number of hydrogen-bond donors (Lipinski definition) is 0. The standard InChI is InChI=1S/C16H12N2O2/c1-10(19)14(9-17)11-4-5-15-13(7-11)8-12-3-2-6-18-16(12)20-15/h2-7,14H,8H2,1H3. The summed E-state index contributed by atoms with van der Waals surface area (Å²) in [4.78, 5) is 15.7. The Labute approximate surface area is 116 Å². The average molecular weight is 264 g/mol. The third kappa shape index (κ3) is 2.04. The molecule has 4 heteroatoms. The number of benzene rings is 1. The first-order valence-electron chi connectivity index (χ1n) is 6.33. The fourth-order valence-electron chi connectivity index (χ4n) is 2.38. The molecule has 1 atom stereocenters. The second kappa shape index (κ2) is 4.78. The Bertz CT molecular complexity index is 731. The molecule has 1 aliphatic rings. The molecule has 0 saturated heterocycles. The van der Waals surface area contributed by atoms with Crippen LogP contribution in [0.15, 0.2) is 36.5 Å². The first-order chi connectivity index (χ1) is 9.69. The van der Waals surface area contributed by atoms with Crippen LogP contribution in [-0.4, -0.2) is 10.8 Å². The minimum atomic E-state index is -0.712. The molecule has 2 heterocycles. The van der Waals surface area contributed by atoms with Crippen molar-refractivity contribution >= 4 is 5.78 Å². The van der Waals surface area contributed by atoms with E-state index in [0.29, 0.717) is 12.3 Å². The number of aromatic nitrogens is 1. The van der Waals surface area contributed by atoms with Crippen molar-refractivity contribution in [2.45, 2.75) is 19.3 Å². The van der Waals surface area contributed by atoms with Crippen molar-refractivity contribution in [3.8, 4) is 17.7 Å². The van der Waals surface area contributed by atoms with Crippen LogP contribution < -0.4 is 4.74 Å². The van der Waals surface area contributed by atoms with Crippen molar-refractivity contribution < 1.29 is 9.53 Å². The number of rotatable bonds is 2. The van der Waals surface area contributed by atoms with Crippen molar-refractivity contribution in [1.82, 2.24) is 4.98 Å². The van der Waals surface area contributed by atoms with Gasteiger partial charge in [0, 0.05) is 18.2 Å². The van der Waals surface area contributed by atoms with Gasteiger partial charge in [0.25, 0.3) is 0 Å². The molecule has 0 fully saturated rings. The van der Waals surface area contributed by atoms with Crippen LogP contribution in [0.1, 0.15) is 29.5 Å². The lowest BCUT2D eigenvalue weighted by atomic mass is 9.92. The lowest BCUT2D eigenvalue weighted by Crippen LogP contribution is -2.09. The molecule has 0 bridgehead atoms. The zero-order chi connectivity index (χ0) is 14.1. The molecular formula is C16H12N2O2. The van der Waals surface area contributed by atoms with Crippen molar-refractivity contribution in [1.29, 1.82) is 5.26 Å². The molecule has 98 valence electrons. The molecule has 2 aromatic rings. The van der Waals surface area contributed by atoms with E-state index in [1.165, 1.54) is 6.92 Å². The van der Waals surface area contributed by atoms with Crippen LogP contribution in [0.5, 0.6) is 11.6 Å². The fraction of sp³-hybridized carbons (Fsp3) is 0.188. The van der Waals surface area contributed by atoms with Gasteiger partial charge in [0.1, 0.15) is 11.7 Å². The Balaban J connectivity index is 2.00. The molecule has 0 radical (unpaired) electrons. The number of ether oxygens (including phenoxy) is 1. The summed E-state index contributed by atoms with van der Waals surface area (Å²) in [5, 5.41) is 9.10. The molecule has 3 rings (SSSR count). The molecule has 0 amide bonds. The van der Waals surface area contributed by atoms with Crippen molar-refractivity contribution in [3.63, 3.8) is 0 Å². The monoisotopic (exact) mass is 264 g/mol. The SMILES string of the molecule is CC(=O)C(C#N)c1ccc2c(c1)Cc1cccnc1O2. The molecule has 4 nitrogen and oxygen atoms in total. The van der Waals surface area contributed by atoms with E-state index in [9.17, 15) is 4.79 Å². The molecule has 1 aromatic heterocycles. The molecule has 1 aromatic carbocycles. The highest BCUT2D eigenvalue weighted by molar-refractivity contribution is 5.86. The summed E-state index contributed by atoms with van der Waals surface area (Å²) in [5.74, 6) is 0.498. The highest BCUT2D eigenvalue weighted by Crippen LogP contribution is 2.36. The number of carbonyl (C=O) groups is 1. The van der Waals surface area contributed by atoms with Gasteiger partial charge in [0.2, 0.25) is 5.88 Å². The van der Waals surface area contributed by atoms with Gasteiger partial charge < -0.3 is 4.74 Å². The molecule has 0 aliphatic carbocycles. The summed E-state index contributed by atoms with van der Waals surface area (Å²) in [5.41, 5.74) is 2.70. The van der Waals surface area contributed by atoms with Crippen LogP contribution in [-0.2, 0) is 11.2 Å². The fourth-order valence-corrected chi connectivity index (χ4v) is 2.38. The number of ketones is 1. The summed E-state index contributed by atoms with van der Waals surface area (Å²) < 4.78 is 5.73. The van der Waals surface area contributed by atoms with Crippen molar-refractivity contribution in [3.05, 3.63) is 53.2 Å². The number of hydrogen-bond acceptors (Lipinski definition) is 4. The van der Waals surface area contributed by atoms with Crippen LogP contribution in [0.25, 0.3) is 0 Å². The smallest absolute Gasteiger partial charge is 0.222 e. The van der Waals surface area contributed by atoms with Gasteiger partial charge in [-0.15, -0.1) is 0 Å². The molecule has 0 spiro atoms. The first kappa shape index (κ1) is 12.4. The number of nitriles is 1. The van der Waals surface area contributed by atoms with Crippen LogP contribution >= 0.6 is 0 Å². The lowest BCUT2D eigenvalue weighted by molar-refractivity contribution is -0.117. The molecular weight excluding hydrogens is 252 g/mol. The average Bonchev–Trinajstić information content (AvgIpc) is 2.45. The van der Waals surface area contributed by atoms with Gasteiger partial charge >= 0.3 is 0 Å². The summed E-state index contributed by atoms with van der Waals surface area (Å²) in [7, 11) is 0. The first-order valence-corrected chi connectivity index (χ1v) is 6.33. The minimum Gasteiger partial charge on any atom is -0.438 e. The van der Waals surface area contributed by atoms with E-state index in [-0.39, 0.29) is 5.78 Å². The number of fused-ring (bicyclic) bond motifs is 2. The van der Waals surface area contributed by atoms with Crippen LogP contribution in [0.4, 0.5) is 0 Å². The van der Waals surface area contributed by atoms with E-state index in [2.05, 4.69) is 4.98 Å². The van der Waals surface area contributed by atoms with E-state index >= 15 is 0 Å². The number of Topliss-reactive ketones (excluding diaryl/α,β-unsaturated/α-hetero) is 1. The number of pyridine rings is 1. The second-order valence-electron chi connectivity index (χ2n) is 4.79. The van der Waals surface area contributed by atoms with E-state index in [4.69, 9.17) is 10.00 Å². The second-order valence-corrected chi connectivity index (χ2v) is 4.79. The quantitative estimate of drug-likeness (QED) is 0.713. The molecule has 20 heavy (non-hydrogen) atoms. The van der Waals surface area contributed by atoms with E-state index < -0.39 is 5.92 Å². The molecule has 0 saturated carbocycles.